The van der Waals surface area contributed by atoms with Gasteiger partial charge in [-0.15, -0.1) is 0 Å². The third kappa shape index (κ3) is 5.46. The maximum atomic E-state index is 12.2. The van der Waals surface area contributed by atoms with Crippen LogP contribution >= 0.6 is 11.6 Å². The van der Waals surface area contributed by atoms with Crippen LogP contribution in [0.25, 0.3) is 0 Å². The number of carbonyl (C=O) groups excluding carboxylic acids is 1. The molecule has 2 aromatic carbocycles. The second-order valence-corrected chi connectivity index (χ2v) is 6.14. The quantitative estimate of drug-likeness (QED) is 0.823. The number of ether oxygens (including phenoxy) is 2. The van der Waals surface area contributed by atoms with Gasteiger partial charge in [0.15, 0.2) is 6.10 Å². The lowest BCUT2D eigenvalue weighted by Gasteiger charge is -2.19. The molecular weight excluding hydrogens is 326 g/mol. The number of hydrogen-bond donors (Lipinski definition) is 1. The van der Waals surface area contributed by atoms with E-state index >= 15 is 0 Å². The number of aryl methyl sites for hydroxylation is 1. The summed E-state index contributed by atoms with van der Waals surface area (Å²) in [7, 11) is 0. The van der Waals surface area contributed by atoms with Crippen LogP contribution in [0.5, 0.6) is 11.5 Å². The Balaban J connectivity index is 1.80. The molecule has 2 rings (SSSR count). The second-order valence-electron chi connectivity index (χ2n) is 5.70. The topological polar surface area (TPSA) is 47.6 Å². The standard InChI is InChI=1S/C19H22ClNO3/c1-13-6-4-5-7-18(13)23-12-14(2)21-19(22)15(3)24-17-10-8-16(20)9-11-17/h4-11,14-15H,12H2,1-3H3,(H,21,22)/t14-,15-/m0/s1. The number of nitrogens with one attached hydrogen (secondary N) is 1. The Labute approximate surface area is 147 Å². The van der Waals surface area contributed by atoms with Gasteiger partial charge in [0.05, 0.1) is 6.04 Å². The first-order valence-electron chi connectivity index (χ1n) is 7.86. The smallest absolute Gasteiger partial charge is 0.261 e. The van der Waals surface area contributed by atoms with Gasteiger partial charge in [-0.2, -0.15) is 0 Å². The van der Waals surface area contributed by atoms with E-state index in [0.29, 0.717) is 17.4 Å². The van der Waals surface area contributed by atoms with E-state index in [-0.39, 0.29) is 11.9 Å². The molecule has 0 aliphatic heterocycles. The SMILES string of the molecule is Cc1ccccc1OC[C@H](C)NC(=O)[C@H](C)Oc1ccc(Cl)cc1. The summed E-state index contributed by atoms with van der Waals surface area (Å²) in [6.07, 6.45) is -0.605. The van der Waals surface area contributed by atoms with E-state index < -0.39 is 6.10 Å². The highest BCUT2D eigenvalue weighted by Crippen LogP contribution is 2.17. The molecule has 0 aliphatic rings. The van der Waals surface area contributed by atoms with Crippen molar-refractivity contribution >= 4 is 17.5 Å². The van der Waals surface area contributed by atoms with E-state index in [4.69, 9.17) is 21.1 Å². The minimum atomic E-state index is -0.605. The zero-order valence-electron chi connectivity index (χ0n) is 14.1. The van der Waals surface area contributed by atoms with Gasteiger partial charge < -0.3 is 14.8 Å². The van der Waals surface area contributed by atoms with E-state index in [9.17, 15) is 4.79 Å². The van der Waals surface area contributed by atoms with Gasteiger partial charge >= 0.3 is 0 Å². The van der Waals surface area contributed by atoms with Crippen LogP contribution in [0.3, 0.4) is 0 Å². The summed E-state index contributed by atoms with van der Waals surface area (Å²) >= 11 is 5.83. The second kappa shape index (κ2) is 8.60. The van der Waals surface area contributed by atoms with Gasteiger partial charge in [0, 0.05) is 5.02 Å². The molecule has 1 N–H and O–H groups in total. The third-order valence-corrected chi connectivity index (χ3v) is 3.72. The van der Waals surface area contributed by atoms with E-state index in [0.717, 1.165) is 11.3 Å². The highest BCUT2D eigenvalue weighted by atomic mass is 35.5. The average molecular weight is 348 g/mol. The van der Waals surface area contributed by atoms with Gasteiger partial charge in [-0.3, -0.25) is 4.79 Å². The summed E-state index contributed by atoms with van der Waals surface area (Å²) in [4.78, 5) is 12.2. The van der Waals surface area contributed by atoms with Crippen LogP contribution in [0.15, 0.2) is 48.5 Å². The molecule has 2 aromatic rings. The zero-order valence-corrected chi connectivity index (χ0v) is 14.8. The highest BCUT2D eigenvalue weighted by Gasteiger charge is 2.17. The number of halogens is 1. The molecule has 0 fully saturated rings. The fraction of sp³-hybridized carbons (Fsp3) is 0.316. The normalized spacial score (nSPS) is 13.0. The summed E-state index contributed by atoms with van der Waals surface area (Å²) in [5.74, 6) is 1.24. The van der Waals surface area contributed by atoms with Gasteiger partial charge in [0.1, 0.15) is 18.1 Å². The van der Waals surface area contributed by atoms with E-state index in [2.05, 4.69) is 5.32 Å². The number of amides is 1. The summed E-state index contributed by atoms with van der Waals surface area (Å²) in [5, 5.41) is 3.51. The number of para-hydroxylation sites is 1. The molecule has 24 heavy (non-hydrogen) atoms. The predicted octanol–water partition coefficient (Wildman–Crippen LogP) is 4.00. The number of hydrogen-bond acceptors (Lipinski definition) is 3. The maximum absolute atomic E-state index is 12.2. The number of carbonyl (C=O) groups is 1. The molecule has 0 unspecified atom stereocenters. The van der Waals surface area contributed by atoms with Crippen molar-refractivity contribution in [2.75, 3.05) is 6.61 Å². The van der Waals surface area contributed by atoms with E-state index in [1.54, 1.807) is 31.2 Å². The molecule has 128 valence electrons. The first-order chi connectivity index (χ1) is 11.5. The van der Waals surface area contributed by atoms with Crippen molar-refractivity contribution in [3.8, 4) is 11.5 Å². The molecule has 0 bridgehead atoms. The first-order valence-corrected chi connectivity index (χ1v) is 8.24. The molecule has 0 aromatic heterocycles. The lowest BCUT2D eigenvalue weighted by molar-refractivity contribution is -0.128. The Hall–Kier alpha value is -2.20. The van der Waals surface area contributed by atoms with Gasteiger partial charge in [-0.05, 0) is 56.7 Å². The first kappa shape index (κ1) is 18.1. The summed E-state index contributed by atoms with van der Waals surface area (Å²) in [6, 6.07) is 14.6. The molecule has 0 saturated heterocycles. The zero-order chi connectivity index (χ0) is 17.5. The third-order valence-electron chi connectivity index (χ3n) is 3.47. The highest BCUT2D eigenvalue weighted by molar-refractivity contribution is 6.30. The van der Waals surface area contributed by atoms with Crippen molar-refractivity contribution in [3.05, 3.63) is 59.1 Å². The molecule has 5 heteroatoms. The van der Waals surface area contributed by atoms with Crippen molar-refractivity contribution in [1.29, 1.82) is 0 Å². The van der Waals surface area contributed by atoms with Gasteiger partial charge in [0.2, 0.25) is 0 Å². The Morgan fingerprint density at radius 3 is 2.46 bits per heavy atom. The van der Waals surface area contributed by atoms with Crippen molar-refractivity contribution in [2.45, 2.75) is 32.9 Å². The molecule has 0 heterocycles. The molecule has 2 atom stereocenters. The van der Waals surface area contributed by atoms with Crippen LogP contribution < -0.4 is 14.8 Å². The van der Waals surface area contributed by atoms with Crippen LogP contribution in [0.1, 0.15) is 19.4 Å². The minimum Gasteiger partial charge on any atom is -0.491 e. The van der Waals surface area contributed by atoms with Crippen LogP contribution in [-0.2, 0) is 4.79 Å². The van der Waals surface area contributed by atoms with Gasteiger partial charge in [0.25, 0.3) is 5.91 Å². The average Bonchev–Trinajstić information content (AvgIpc) is 2.56. The fourth-order valence-corrected chi connectivity index (χ4v) is 2.23. The predicted molar refractivity (Wildman–Crippen MR) is 95.8 cm³/mol. The molecule has 0 saturated carbocycles. The Bertz CT molecular complexity index is 673. The lowest BCUT2D eigenvalue weighted by Crippen LogP contribution is -2.43. The largest absolute Gasteiger partial charge is 0.491 e. The maximum Gasteiger partial charge on any atom is 0.261 e. The van der Waals surface area contributed by atoms with Crippen LogP contribution in [-0.4, -0.2) is 24.7 Å². The minimum absolute atomic E-state index is 0.131. The molecule has 4 nitrogen and oxygen atoms in total. The van der Waals surface area contributed by atoms with Crippen LogP contribution in [0.2, 0.25) is 5.02 Å². The Morgan fingerprint density at radius 1 is 1.12 bits per heavy atom. The van der Waals surface area contributed by atoms with Crippen molar-refractivity contribution in [2.24, 2.45) is 0 Å². The van der Waals surface area contributed by atoms with E-state index in [1.807, 2.05) is 38.1 Å². The lowest BCUT2D eigenvalue weighted by atomic mass is 10.2. The van der Waals surface area contributed by atoms with Gasteiger partial charge in [-0.25, -0.2) is 0 Å². The summed E-state index contributed by atoms with van der Waals surface area (Å²) in [6.45, 7) is 5.98. The van der Waals surface area contributed by atoms with Gasteiger partial charge in [-0.1, -0.05) is 29.8 Å². The van der Waals surface area contributed by atoms with Crippen LogP contribution in [0, 0.1) is 6.92 Å². The molecular formula is C19H22ClNO3. The van der Waals surface area contributed by atoms with Crippen molar-refractivity contribution in [1.82, 2.24) is 5.32 Å². The summed E-state index contributed by atoms with van der Waals surface area (Å²) in [5.41, 5.74) is 1.07. The fourth-order valence-electron chi connectivity index (χ4n) is 2.11. The molecule has 0 spiro atoms. The van der Waals surface area contributed by atoms with Crippen molar-refractivity contribution in [3.63, 3.8) is 0 Å². The molecule has 0 aliphatic carbocycles. The summed E-state index contributed by atoms with van der Waals surface area (Å²) < 4.78 is 11.3. The number of rotatable bonds is 7. The van der Waals surface area contributed by atoms with E-state index in [1.165, 1.54) is 0 Å². The number of benzene rings is 2. The Kier molecular flexibility index (Phi) is 6.50. The molecule has 1 amide bonds. The van der Waals surface area contributed by atoms with Crippen LogP contribution in [0.4, 0.5) is 0 Å². The molecule has 0 radical (unpaired) electrons. The Morgan fingerprint density at radius 2 is 1.79 bits per heavy atom. The van der Waals surface area contributed by atoms with Crippen molar-refractivity contribution < 1.29 is 14.3 Å². The monoisotopic (exact) mass is 347 g/mol.